The van der Waals surface area contributed by atoms with Crippen LogP contribution in [0.15, 0.2) is 30.5 Å². The highest BCUT2D eigenvalue weighted by atomic mass is 19.1. The molecule has 1 saturated heterocycles. The van der Waals surface area contributed by atoms with E-state index in [1.54, 1.807) is 12.1 Å². The summed E-state index contributed by atoms with van der Waals surface area (Å²) in [6.45, 7) is 7.18. The van der Waals surface area contributed by atoms with Gasteiger partial charge < -0.3 is 0 Å². The lowest BCUT2D eigenvalue weighted by Gasteiger charge is -2.33. The number of aromatic amines is 1. The summed E-state index contributed by atoms with van der Waals surface area (Å²) < 4.78 is 13.9. The Bertz CT molecular complexity index is 635. The van der Waals surface area contributed by atoms with Gasteiger partial charge in [-0.05, 0) is 43.4 Å². The second-order valence-corrected chi connectivity index (χ2v) is 7.07. The highest BCUT2D eigenvalue weighted by Gasteiger charge is 2.25. The van der Waals surface area contributed by atoms with Gasteiger partial charge in [0.1, 0.15) is 5.82 Å². The van der Waals surface area contributed by atoms with Crippen LogP contribution in [-0.4, -0.2) is 28.2 Å². The first-order valence-electron chi connectivity index (χ1n) is 8.61. The number of halogens is 1. The Morgan fingerprint density at radius 1 is 1.30 bits per heavy atom. The minimum Gasteiger partial charge on any atom is -0.298 e. The third kappa shape index (κ3) is 3.99. The predicted molar refractivity (Wildman–Crippen MR) is 90.8 cm³/mol. The molecular formula is C19H26FN3. The highest BCUT2D eigenvalue weighted by Crippen LogP contribution is 2.29. The van der Waals surface area contributed by atoms with Gasteiger partial charge in [-0.3, -0.25) is 10.00 Å². The largest absolute Gasteiger partial charge is 0.298 e. The number of hydrogen-bond donors (Lipinski definition) is 1. The molecule has 1 fully saturated rings. The van der Waals surface area contributed by atoms with Gasteiger partial charge in [0.2, 0.25) is 0 Å². The predicted octanol–water partition coefficient (Wildman–Crippen LogP) is 4.13. The number of nitrogens with zero attached hydrogens (tertiary/aromatic N) is 2. The first-order chi connectivity index (χ1) is 11.1. The zero-order valence-corrected chi connectivity index (χ0v) is 14.1. The van der Waals surface area contributed by atoms with Gasteiger partial charge >= 0.3 is 0 Å². The number of rotatable bonds is 5. The van der Waals surface area contributed by atoms with Crippen LogP contribution in [0.4, 0.5) is 4.39 Å². The Morgan fingerprint density at radius 2 is 2.13 bits per heavy atom. The first kappa shape index (κ1) is 16.2. The van der Waals surface area contributed by atoms with Gasteiger partial charge in [0, 0.05) is 30.3 Å². The van der Waals surface area contributed by atoms with Gasteiger partial charge in [-0.1, -0.05) is 32.0 Å². The number of hydrogen-bond acceptors (Lipinski definition) is 2. The fourth-order valence-corrected chi connectivity index (χ4v) is 3.58. The van der Waals surface area contributed by atoms with Crippen molar-refractivity contribution in [1.29, 1.82) is 0 Å². The quantitative estimate of drug-likeness (QED) is 0.900. The Morgan fingerprint density at radius 3 is 2.91 bits per heavy atom. The number of benzene rings is 1. The maximum absolute atomic E-state index is 13.9. The Balaban J connectivity index is 1.69. The zero-order chi connectivity index (χ0) is 16.2. The normalized spacial score (nSPS) is 19.4. The van der Waals surface area contributed by atoms with Gasteiger partial charge in [-0.15, -0.1) is 0 Å². The van der Waals surface area contributed by atoms with E-state index >= 15 is 0 Å². The summed E-state index contributed by atoms with van der Waals surface area (Å²) in [6, 6.07) is 7.10. The van der Waals surface area contributed by atoms with Crippen LogP contribution < -0.4 is 0 Å². The van der Waals surface area contributed by atoms with E-state index in [4.69, 9.17) is 0 Å². The average molecular weight is 315 g/mol. The maximum Gasteiger partial charge on any atom is 0.127 e. The third-order valence-corrected chi connectivity index (χ3v) is 4.65. The van der Waals surface area contributed by atoms with Crippen LogP contribution in [0.2, 0.25) is 0 Å². The molecule has 23 heavy (non-hydrogen) atoms. The second-order valence-electron chi connectivity index (χ2n) is 7.07. The van der Waals surface area contributed by atoms with Gasteiger partial charge in [0.05, 0.1) is 6.20 Å². The number of likely N-dealkylation sites (tertiary alicyclic amines) is 1. The van der Waals surface area contributed by atoms with Crippen LogP contribution in [0, 0.1) is 11.7 Å². The van der Waals surface area contributed by atoms with Gasteiger partial charge in [-0.25, -0.2) is 4.39 Å². The second kappa shape index (κ2) is 7.26. The molecule has 1 aromatic heterocycles. The van der Waals surface area contributed by atoms with Crippen molar-refractivity contribution in [3.8, 4) is 0 Å². The summed E-state index contributed by atoms with van der Waals surface area (Å²) in [7, 11) is 0. The fourth-order valence-electron chi connectivity index (χ4n) is 3.58. The Labute approximate surface area is 137 Å². The molecule has 1 atom stereocenters. The summed E-state index contributed by atoms with van der Waals surface area (Å²) in [6.07, 6.45) is 5.38. The summed E-state index contributed by atoms with van der Waals surface area (Å²) in [5, 5.41) is 7.50. The number of H-pyrrole nitrogens is 1. The molecule has 3 rings (SSSR count). The molecule has 3 nitrogen and oxygen atoms in total. The third-order valence-electron chi connectivity index (χ3n) is 4.65. The van der Waals surface area contributed by atoms with Gasteiger partial charge in [0.25, 0.3) is 0 Å². The van der Waals surface area contributed by atoms with Crippen LogP contribution >= 0.6 is 0 Å². The van der Waals surface area contributed by atoms with Crippen molar-refractivity contribution in [2.45, 2.75) is 45.6 Å². The SMILES string of the molecule is CC(C)Cc1cn[nH]c1C1CCCN(Cc2ccccc2F)C1. The van der Waals surface area contributed by atoms with Crippen molar-refractivity contribution in [2.24, 2.45) is 5.92 Å². The van der Waals surface area contributed by atoms with Crippen molar-refractivity contribution in [1.82, 2.24) is 15.1 Å². The van der Waals surface area contributed by atoms with Crippen molar-refractivity contribution in [3.63, 3.8) is 0 Å². The van der Waals surface area contributed by atoms with Crippen LogP contribution in [-0.2, 0) is 13.0 Å². The van der Waals surface area contributed by atoms with Crippen molar-refractivity contribution in [2.75, 3.05) is 13.1 Å². The van der Waals surface area contributed by atoms with E-state index in [1.165, 1.54) is 17.7 Å². The van der Waals surface area contributed by atoms with Crippen molar-refractivity contribution >= 4 is 0 Å². The molecule has 2 heterocycles. The molecule has 1 unspecified atom stereocenters. The molecule has 0 bridgehead atoms. The number of nitrogens with one attached hydrogen (secondary N) is 1. The molecular weight excluding hydrogens is 289 g/mol. The van der Waals surface area contributed by atoms with Crippen molar-refractivity contribution < 1.29 is 4.39 Å². The lowest BCUT2D eigenvalue weighted by Crippen LogP contribution is -2.34. The summed E-state index contributed by atoms with van der Waals surface area (Å²) in [5.41, 5.74) is 3.43. The van der Waals surface area contributed by atoms with E-state index in [-0.39, 0.29) is 5.82 Å². The molecule has 0 radical (unpaired) electrons. The molecule has 0 spiro atoms. The highest BCUT2D eigenvalue weighted by molar-refractivity contribution is 5.22. The van der Waals surface area contributed by atoms with E-state index < -0.39 is 0 Å². The van der Waals surface area contributed by atoms with Crippen LogP contribution in [0.25, 0.3) is 0 Å². The van der Waals surface area contributed by atoms with Gasteiger partial charge in [0.15, 0.2) is 0 Å². The van der Waals surface area contributed by atoms with E-state index in [2.05, 4.69) is 28.9 Å². The molecule has 1 aliphatic heterocycles. The standard InChI is InChI=1S/C19H26FN3/c1-14(2)10-17-11-21-22-19(17)16-7-5-9-23(13-16)12-15-6-3-4-8-18(15)20/h3-4,6,8,11,14,16H,5,7,9-10,12-13H2,1-2H3,(H,21,22). The molecule has 0 amide bonds. The average Bonchev–Trinajstić information content (AvgIpc) is 2.97. The monoisotopic (exact) mass is 315 g/mol. The summed E-state index contributed by atoms with van der Waals surface area (Å²) >= 11 is 0. The van der Waals surface area contributed by atoms with E-state index in [9.17, 15) is 4.39 Å². The summed E-state index contributed by atoms with van der Waals surface area (Å²) in [4.78, 5) is 2.37. The number of aromatic nitrogens is 2. The molecule has 0 saturated carbocycles. The lowest BCUT2D eigenvalue weighted by molar-refractivity contribution is 0.196. The van der Waals surface area contributed by atoms with E-state index in [1.807, 2.05) is 18.3 Å². The molecule has 2 aromatic rings. The Kier molecular flexibility index (Phi) is 5.11. The molecule has 1 N–H and O–H groups in total. The minimum absolute atomic E-state index is 0.100. The molecule has 1 aromatic carbocycles. The van der Waals surface area contributed by atoms with Crippen LogP contribution in [0.1, 0.15) is 49.4 Å². The molecule has 4 heteroatoms. The Hall–Kier alpha value is -1.68. The van der Waals surface area contributed by atoms with Crippen molar-refractivity contribution in [3.05, 3.63) is 53.1 Å². The fraction of sp³-hybridized carbons (Fsp3) is 0.526. The molecule has 124 valence electrons. The van der Waals surface area contributed by atoms with E-state index in [0.29, 0.717) is 18.4 Å². The molecule has 0 aliphatic carbocycles. The van der Waals surface area contributed by atoms with E-state index in [0.717, 1.165) is 31.5 Å². The van der Waals surface area contributed by atoms with Crippen LogP contribution in [0.5, 0.6) is 0 Å². The lowest BCUT2D eigenvalue weighted by atomic mass is 9.90. The molecule has 1 aliphatic rings. The topological polar surface area (TPSA) is 31.9 Å². The summed E-state index contributed by atoms with van der Waals surface area (Å²) in [5.74, 6) is 1.01. The van der Waals surface area contributed by atoms with Gasteiger partial charge in [-0.2, -0.15) is 5.10 Å². The maximum atomic E-state index is 13.9. The minimum atomic E-state index is -0.100. The number of piperidine rings is 1. The first-order valence-corrected chi connectivity index (χ1v) is 8.61. The smallest absolute Gasteiger partial charge is 0.127 e. The van der Waals surface area contributed by atoms with Crippen LogP contribution in [0.3, 0.4) is 0 Å². The zero-order valence-electron chi connectivity index (χ0n) is 14.1.